The van der Waals surface area contributed by atoms with Crippen LogP contribution in [0.4, 0.5) is 0 Å². The van der Waals surface area contributed by atoms with E-state index in [1.807, 2.05) is 17.5 Å². The van der Waals surface area contributed by atoms with E-state index in [1.54, 1.807) is 30.3 Å². The van der Waals surface area contributed by atoms with Crippen molar-refractivity contribution in [1.82, 2.24) is 24.6 Å². The molecule has 0 aliphatic heterocycles. The molecule has 0 spiro atoms. The lowest BCUT2D eigenvalue weighted by Gasteiger charge is -2.09. The quantitative estimate of drug-likeness (QED) is 0.522. The third kappa shape index (κ3) is 4.14. The molecular weight excluding hydrogens is 390 g/mol. The molecule has 1 aromatic carbocycles. The highest BCUT2D eigenvalue weighted by Gasteiger charge is 2.09. The van der Waals surface area contributed by atoms with Gasteiger partial charge in [0, 0.05) is 12.6 Å². The second kappa shape index (κ2) is 8.19. The van der Waals surface area contributed by atoms with Crippen molar-refractivity contribution >= 4 is 28.1 Å². The Balaban J connectivity index is 1.40. The summed E-state index contributed by atoms with van der Waals surface area (Å²) in [7, 11) is 0. The summed E-state index contributed by atoms with van der Waals surface area (Å²) in [6.07, 6.45) is 1.36. The summed E-state index contributed by atoms with van der Waals surface area (Å²) in [4.78, 5) is 41.8. The maximum absolute atomic E-state index is 12.4. The van der Waals surface area contributed by atoms with Crippen molar-refractivity contribution < 1.29 is 4.79 Å². The summed E-state index contributed by atoms with van der Waals surface area (Å²) < 4.78 is 2.58. The van der Waals surface area contributed by atoms with Crippen molar-refractivity contribution in [3.63, 3.8) is 0 Å². The number of thiophene rings is 1. The van der Waals surface area contributed by atoms with E-state index in [-0.39, 0.29) is 36.7 Å². The summed E-state index contributed by atoms with van der Waals surface area (Å²) in [5.41, 5.74) is 0.784. The molecule has 146 valence electrons. The molecule has 3 heterocycles. The molecule has 0 aliphatic carbocycles. The number of amides is 1. The molecule has 0 bridgehead atoms. The van der Waals surface area contributed by atoms with E-state index < -0.39 is 0 Å². The zero-order chi connectivity index (χ0) is 20.2. The number of hydrogen-bond donors (Lipinski definition) is 1. The summed E-state index contributed by atoms with van der Waals surface area (Å²) in [5.74, 6) is -0.341. The number of aromatic nitrogens is 4. The number of nitrogens with one attached hydrogen (secondary N) is 1. The Kier molecular flexibility index (Phi) is 5.30. The molecule has 0 unspecified atom stereocenters. The minimum atomic E-state index is -0.341. The second-order valence-corrected chi connectivity index (χ2v) is 7.25. The van der Waals surface area contributed by atoms with Gasteiger partial charge in [0.25, 0.3) is 11.1 Å². The SMILES string of the molecule is O=C(Cn1cnc2ccccc2c1=O)NCCn1nc(-c2cccs2)ccc1=O. The van der Waals surface area contributed by atoms with Crippen molar-refractivity contribution in [3.8, 4) is 10.6 Å². The van der Waals surface area contributed by atoms with Crippen LogP contribution in [0.3, 0.4) is 0 Å². The fraction of sp³-hybridized carbons (Fsp3) is 0.150. The van der Waals surface area contributed by atoms with Gasteiger partial charge in [-0.1, -0.05) is 18.2 Å². The predicted octanol–water partition coefficient (Wildman–Crippen LogP) is 1.50. The van der Waals surface area contributed by atoms with E-state index in [4.69, 9.17) is 0 Å². The van der Waals surface area contributed by atoms with Gasteiger partial charge >= 0.3 is 0 Å². The van der Waals surface area contributed by atoms with Gasteiger partial charge in [0.05, 0.1) is 28.7 Å². The number of benzene rings is 1. The Bertz CT molecular complexity index is 1280. The van der Waals surface area contributed by atoms with Crippen LogP contribution in [0.25, 0.3) is 21.5 Å². The van der Waals surface area contributed by atoms with Crippen molar-refractivity contribution in [1.29, 1.82) is 0 Å². The highest BCUT2D eigenvalue weighted by molar-refractivity contribution is 7.13. The molecule has 0 radical (unpaired) electrons. The normalized spacial score (nSPS) is 10.9. The van der Waals surface area contributed by atoms with Crippen LogP contribution in [0.5, 0.6) is 0 Å². The number of rotatable bonds is 6. The Labute approximate surface area is 169 Å². The largest absolute Gasteiger partial charge is 0.353 e. The molecule has 4 rings (SSSR count). The first-order valence-corrected chi connectivity index (χ1v) is 9.83. The minimum absolute atomic E-state index is 0.145. The summed E-state index contributed by atoms with van der Waals surface area (Å²) in [6.45, 7) is 0.304. The van der Waals surface area contributed by atoms with Gasteiger partial charge in [0.1, 0.15) is 12.2 Å². The zero-order valence-electron chi connectivity index (χ0n) is 15.3. The fourth-order valence-electron chi connectivity index (χ4n) is 2.90. The number of nitrogens with zero attached hydrogens (tertiary/aromatic N) is 4. The van der Waals surface area contributed by atoms with Crippen LogP contribution in [0, 0.1) is 0 Å². The molecule has 9 heteroatoms. The predicted molar refractivity (Wildman–Crippen MR) is 111 cm³/mol. The maximum atomic E-state index is 12.4. The highest BCUT2D eigenvalue weighted by Crippen LogP contribution is 2.20. The average molecular weight is 407 g/mol. The molecule has 8 nitrogen and oxygen atoms in total. The van der Waals surface area contributed by atoms with Gasteiger partial charge in [-0.3, -0.25) is 19.0 Å². The lowest BCUT2D eigenvalue weighted by atomic mass is 10.2. The summed E-state index contributed by atoms with van der Waals surface area (Å²) in [5, 5.41) is 9.46. The van der Waals surface area contributed by atoms with Crippen molar-refractivity contribution in [2.45, 2.75) is 13.1 Å². The molecule has 1 amide bonds. The Morgan fingerprint density at radius 3 is 2.76 bits per heavy atom. The second-order valence-electron chi connectivity index (χ2n) is 6.30. The van der Waals surface area contributed by atoms with Crippen LogP contribution in [0.2, 0.25) is 0 Å². The first-order chi connectivity index (χ1) is 14.1. The smallest absolute Gasteiger partial charge is 0.266 e. The van der Waals surface area contributed by atoms with Gasteiger partial charge in [-0.15, -0.1) is 11.3 Å². The molecule has 4 aromatic rings. The Morgan fingerprint density at radius 2 is 1.93 bits per heavy atom. The van der Waals surface area contributed by atoms with Crippen LogP contribution in [0.1, 0.15) is 0 Å². The van der Waals surface area contributed by atoms with E-state index in [2.05, 4.69) is 15.4 Å². The Morgan fingerprint density at radius 1 is 1.07 bits per heavy atom. The van der Waals surface area contributed by atoms with Crippen molar-refractivity contribution in [2.24, 2.45) is 0 Å². The molecule has 0 saturated heterocycles. The molecule has 0 atom stereocenters. The lowest BCUT2D eigenvalue weighted by molar-refractivity contribution is -0.121. The van der Waals surface area contributed by atoms with E-state index in [1.165, 1.54) is 33.0 Å². The molecule has 29 heavy (non-hydrogen) atoms. The lowest BCUT2D eigenvalue weighted by Crippen LogP contribution is -2.36. The highest BCUT2D eigenvalue weighted by atomic mass is 32.1. The first-order valence-electron chi connectivity index (χ1n) is 8.95. The van der Waals surface area contributed by atoms with Gasteiger partial charge in [-0.05, 0) is 29.6 Å². The zero-order valence-corrected chi connectivity index (χ0v) is 16.1. The van der Waals surface area contributed by atoms with Gasteiger partial charge in [0.2, 0.25) is 5.91 Å². The Hall–Kier alpha value is -3.59. The molecule has 0 aliphatic rings. The molecule has 3 aromatic heterocycles. The summed E-state index contributed by atoms with van der Waals surface area (Å²) in [6, 6.07) is 14.0. The summed E-state index contributed by atoms with van der Waals surface area (Å²) >= 11 is 1.54. The van der Waals surface area contributed by atoms with Gasteiger partial charge in [-0.2, -0.15) is 5.10 Å². The number of fused-ring (bicyclic) bond motifs is 1. The van der Waals surface area contributed by atoms with Crippen LogP contribution in [0.15, 0.2) is 69.8 Å². The van der Waals surface area contributed by atoms with Gasteiger partial charge in [0.15, 0.2) is 0 Å². The van der Waals surface area contributed by atoms with Crippen molar-refractivity contribution in [3.05, 3.63) is 80.9 Å². The van der Waals surface area contributed by atoms with E-state index >= 15 is 0 Å². The van der Waals surface area contributed by atoms with Crippen LogP contribution >= 0.6 is 11.3 Å². The monoisotopic (exact) mass is 407 g/mol. The van der Waals surface area contributed by atoms with E-state index in [9.17, 15) is 14.4 Å². The molecule has 0 saturated carbocycles. The topological polar surface area (TPSA) is 98.9 Å². The number of carbonyl (C=O) groups is 1. The third-order valence-electron chi connectivity index (χ3n) is 4.33. The van der Waals surface area contributed by atoms with Crippen LogP contribution in [-0.2, 0) is 17.9 Å². The molecule has 1 N–H and O–H groups in total. The number of hydrogen-bond acceptors (Lipinski definition) is 6. The first kappa shape index (κ1) is 18.8. The standard InChI is InChI=1S/C20H17N5O3S/c26-18(12-24-13-22-15-5-2-1-4-14(15)20(24)28)21-9-10-25-19(27)8-7-16(23-25)17-6-3-11-29-17/h1-8,11,13H,9-10,12H2,(H,21,26). The fourth-order valence-corrected chi connectivity index (χ4v) is 3.59. The maximum Gasteiger partial charge on any atom is 0.266 e. The van der Waals surface area contributed by atoms with Gasteiger partial charge in [-0.25, -0.2) is 9.67 Å². The number of para-hydroxylation sites is 1. The minimum Gasteiger partial charge on any atom is -0.353 e. The molecular formula is C20H17N5O3S. The van der Waals surface area contributed by atoms with Gasteiger partial charge < -0.3 is 5.32 Å². The van der Waals surface area contributed by atoms with E-state index in [0.29, 0.717) is 16.6 Å². The number of carbonyl (C=O) groups excluding carboxylic acids is 1. The average Bonchev–Trinajstić information content (AvgIpc) is 3.27. The molecule has 0 fully saturated rings. The van der Waals surface area contributed by atoms with Crippen LogP contribution in [-0.4, -0.2) is 31.8 Å². The third-order valence-corrected chi connectivity index (χ3v) is 5.22. The van der Waals surface area contributed by atoms with Crippen molar-refractivity contribution in [2.75, 3.05) is 6.54 Å². The van der Waals surface area contributed by atoms with Crippen LogP contribution < -0.4 is 16.4 Å². The van der Waals surface area contributed by atoms with E-state index in [0.717, 1.165) is 4.88 Å².